The maximum Gasteiger partial charge on any atom is 0.141 e. The summed E-state index contributed by atoms with van der Waals surface area (Å²) in [5.41, 5.74) is 1.04. The molecule has 1 aromatic carbocycles. The summed E-state index contributed by atoms with van der Waals surface area (Å²) in [4.78, 5) is 0. The molecule has 1 fully saturated rings. The minimum Gasteiger partial charge on any atom is -0.312 e. The van der Waals surface area contributed by atoms with Crippen LogP contribution in [0, 0.1) is 17.7 Å². The molecule has 1 aliphatic rings. The van der Waals surface area contributed by atoms with Crippen molar-refractivity contribution in [1.29, 1.82) is 0 Å². The van der Waals surface area contributed by atoms with Gasteiger partial charge in [0, 0.05) is 6.54 Å². The van der Waals surface area contributed by atoms with E-state index in [1.54, 1.807) is 12.1 Å². The number of rotatable bonds is 4. The Balaban J connectivity index is 1.79. The predicted octanol–water partition coefficient (Wildman–Crippen LogP) is 4.00. The average Bonchev–Trinajstić information content (AvgIpc) is 2.70. The summed E-state index contributed by atoms with van der Waals surface area (Å²) < 4.78 is 13.0. The van der Waals surface area contributed by atoms with Crippen LogP contribution in [0.25, 0.3) is 0 Å². The molecule has 2 atom stereocenters. The molecule has 3 heteroatoms. The summed E-state index contributed by atoms with van der Waals surface area (Å²) in [7, 11) is 0. The number of benzene rings is 1. The lowest BCUT2D eigenvalue weighted by Crippen LogP contribution is -2.23. The van der Waals surface area contributed by atoms with Gasteiger partial charge in [0.1, 0.15) is 5.82 Å². The molecular formula is C14H19ClFN. The third kappa shape index (κ3) is 3.43. The van der Waals surface area contributed by atoms with Crippen molar-refractivity contribution in [3.8, 4) is 0 Å². The maximum atomic E-state index is 13.0. The van der Waals surface area contributed by atoms with Gasteiger partial charge < -0.3 is 5.32 Å². The minimum atomic E-state index is -0.347. The predicted molar refractivity (Wildman–Crippen MR) is 69.6 cm³/mol. The van der Waals surface area contributed by atoms with E-state index in [9.17, 15) is 4.39 Å². The van der Waals surface area contributed by atoms with Crippen LogP contribution < -0.4 is 5.32 Å². The van der Waals surface area contributed by atoms with Crippen molar-refractivity contribution in [2.24, 2.45) is 11.8 Å². The van der Waals surface area contributed by atoms with E-state index in [0.29, 0.717) is 0 Å². The molecule has 1 aliphatic carbocycles. The smallest absolute Gasteiger partial charge is 0.141 e. The topological polar surface area (TPSA) is 12.0 Å². The highest BCUT2D eigenvalue weighted by Gasteiger charge is 2.22. The molecule has 0 radical (unpaired) electrons. The number of hydrogen-bond donors (Lipinski definition) is 1. The van der Waals surface area contributed by atoms with Crippen molar-refractivity contribution in [1.82, 2.24) is 5.32 Å². The van der Waals surface area contributed by atoms with E-state index in [2.05, 4.69) is 12.2 Å². The molecule has 0 saturated heterocycles. The van der Waals surface area contributed by atoms with Crippen LogP contribution in [0.2, 0.25) is 5.02 Å². The van der Waals surface area contributed by atoms with Crippen molar-refractivity contribution < 1.29 is 4.39 Å². The molecule has 94 valence electrons. The van der Waals surface area contributed by atoms with Crippen LogP contribution in [0.15, 0.2) is 18.2 Å². The number of halogens is 2. The average molecular weight is 256 g/mol. The van der Waals surface area contributed by atoms with Gasteiger partial charge in [0.25, 0.3) is 0 Å². The maximum absolute atomic E-state index is 13.0. The second-order valence-corrected chi connectivity index (χ2v) is 5.45. The summed E-state index contributed by atoms with van der Waals surface area (Å²) in [6, 6.07) is 4.91. The highest BCUT2D eigenvalue weighted by Crippen LogP contribution is 2.30. The normalized spacial score (nSPS) is 24.2. The van der Waals surface area contributed by atoms with Crippen LogP contribution in [-0.4, -0.2) is 6.54 Å². The summed E-state index contributed by atoms with van der Waals surface area (Å²) in [6.45, 7) is 4.15. The van der Waals surface area contributed by atoms with Gasteiger partial charge in [-0.1, -0.05) is 37.4 Å². The summed E-state index contributed by atoms with van der Waals surface area (Å²) >= 11 is 5.74. The Morgan fingerprint density at radius 1 is 1.41 bits per heavy atom. The lowest BCUT2D eigenvalue weighted by atomic mass is 9.98. The van der Waals surface area contributed by atoms with Gasteiger partial charge in [-0.3, -0.25) is 0 Å². The lowest BCUT2D eigenvalue weighted by molar-refractivity contribution is 0.392. The van der Waals surface area contributed by atoms with Crippen molar-refractivity contribution in [2.45, 2.75) is 32.7 Å². The molecule has 1 nitrogen and oxygen atoms in total. The highest BCUT2D eigenvalue weighted by atomic mass is 35.5. The van der Waals surface area contributed by atoms with Crippen LogP contribution in [-0.2, 0) is 6.54 Å². The molecule has 0 aliphatic heterocycles. The molecule has 1 saturated carbocycles. The Labute approximate surface area is 107 Å². The van der Waals surface area contributed by atoms with Gasteiger partial charge in [-0.2, -0.15) is 0 Å². The highest BCUT2D eigenvalue weighted by molar-refractivity contribution is 6.30. The van der Waals surface area contributed by atoms with Crippen LogP contribution in [0.4, 0.5) is 4.39 Å². The van der Waals surface area contributed by atoms with E-state index in [-0.39, 0.29) is 10.8 Å². The summed E-state index contributed by atoms with van der Waals surface area (Å²) in [5, 5.41) is 3.65. The third-order valence-electron chi connectivity index (χ3n) is 3.76. The zero-order valence-corrected chi connectivity index (χ0v) is 10.9. The molecule has 0 spiro atoms. The second kappa shape index (κ2) is 5.83. The van der Waals surface area contributed by atoms with E-state index in [4.69, 9.17) is 11.6 Å². The van der Waals surface area contributed by atoms with E-state index < -0.39 is 0 Å². The largest absolute Gasteiger partial charge is 0.312 e. The fourth-order valence-corrected chi connectivity index (χ4v) is 2.78. The molecule has 0 heterocycles. The molecule has 0 bridgehead atoms. The molecule has 2 rings (SSSR count). The van der Waals surface area contributed by atoms with Gasteiger partial charge in [-0.15, -0.1) is 0 Å². The lowest BCUT2D eigenvalue weighted by Gasteiger charge is -2.16. The zero-order chi connectivity index (χ0) is 12.3. The first-order valence-corrected chi connectivity index (χ1v) is 6.69. The molecule has 17 heavy (non-hydrogen) atoms. The van der Waals surface area contributed by atoms with E-state index in [1.807, 2.05) is 0 Å². The minimum absolute atomic E-state index is 0.207. The van der Waals surface area contributed by atoms with Gasteiger partial charge in [0.15, 0.2) is 0 Å². The Hall–Kier alpha value is -0.600. The molecule has 1 N–H and O–H groups in total. The fraction of sp³-hybridized carbons (Fsp3) is 0.571. The molecule has 1 aromatic rings. The summed E-state index contributed by atoms with van der Waals surface area (Å²) in [6.07, 6.45) is 4.04. The van der Waals surface area contributed by atoms with Crippen molar-refractivity contribution >= 4 is 11.6 Å². The Kier molecular flexibility index (Phi) is 4.41. The SMILES string of the molecule is CC1CCCC1CNCc1ccc(F)c(Cl)c1. The number of hydrogen-bond acceptors (Lipinski definition) is 1. The van der Waals surface area contributed by atoms with Gasteiger partial charge in [-0.25, -0.2) is 4.39 Å². The van der Waals surface area contributed by atoms with Crippen LogP contribution in [0.5, 0.6) is 0 Å². The van der Waals surface area contributed by atoms with Crippen LogP contribution in [0.1, 0.15) is 31.7 Å². The first kappa shape index (κ1) is 12.8. The molecule has 0 amide bonds. The summed E-state index contributed by atoms with van der Waals surface area (Å²) in [5.74, 6) is 1.28. The second-order valence-electron chi connectivity index (χ2n) is 5.05. The van der Waals surface area contributed by atoms with Crippen molar-refractivity contribution in [2.75, 3.05) is 6.54 Å². The Morgan fingerprint density at radius 2 is 2.24 bits per heavy atom. The Bertz CT molecular complexity index is 380. The Morgan fingerprint density at radius 3 is 2.88 bits per heavy atom. The van der Waals surface area contributed by atoms with Crippen molar-refractivity contribution in [3.05, 3.63) is 34.6 Å². The first-order chi connectivity index (χ1) is 8.16. The fourth-order valence-electron chi connectivity index (χ4n) is 2.58. The van der Waals surface area contributed by atoms with E-state index >= 15 is 0 Å². The third-order valence-corrected chi connectivity index (χ3v) is 4.05. The van der Waals surface area contributed by atoms with Gasteiger partial charge in [-0.05, 0) is 42.5 Å². The first-order valence-electron chi connectivity index (χ1n) is 6.31. The van der Waals surface area contributed by atoms with E-state index in [0.717, 1.165) is 30.5 Å². The molecule has 0 aromatic heterocycles. The van der Waals surface area contributed by atoms with E-state index in [1.165, 1.54) is 25.3 Å². The van der Waals surface area contributed by atoms with Crippen molar-refractivity contribution in [3.63, 3.8) is 0 Å². The van der Waals surface area contributed by atoms with Gasteiger partial charge in [0.05, 0.1) is 5.02 Å². The van der Waals surface area contributed by atoms with Gasteiger partial charge in [0.2, 0.25) is 0 Å². The van der Waals surface area contributed by atoms with Crippen LogP contribution in [0.3, 0.4) is 0 Å². The molecule has 2 unspecified atom stereocenters. The number of nitrogens with one attached hydrogen (secondary N) is 1. The molecular weight excluding hydrogens is 237 g/mol. The standard InChI is InChI=1S/C14H19ClFN/c1-10-3-2-4-12(10)9-17-8-11-5-6-14(16)13(15)7-11/h5-7,10,12,17H,2-4,8-9H2,1H3. The monoisotopic (exact) mass is 255 g/mol. The van der Waals surface area contributed by atoms with Gasteiger partial charge >= 0.3 is 0 Å². The van der Waals surface area contributed by atoms with Crippen LogP contribution >= 0.6 is 11.6 Å². The quantitative estimate of drug-likeness (QED) is 0.857. The zero-order valence-electron chi connectivity index (χ0n) is 10.2.